The average Bonchev–Trinajstić information content (AvgIpc) is 3.01. The Balaban J connectivity index is 1.65. The van der Waals surface area contributed by atoms with Crippen molar-refractivity contribution < 1.29 is 4.79 Å². The van der Waals surface area contributed by atoms with Gasteiger partial charge in [0.2, 0.25) is 5.91 Å². The lowest BCUT2D eigenvalue weighted by molar-refractivity contribution is -0.122. The van der Waals surface area contributed by atoms with Crippen LogP contribution < -0.4 is 10.9 Å². The van der Waals surface area contributed by atoms with Crippen molar-refractivity contribution in [3.8, 4) is 11.3 Å². The van der Waals surface area contributed by atoms with Crippen LogP contribution in [0.2, 0.25) is 0 Å². The highest BCUT2D eigenvalue weighted by Crippen LogP contribution is 2.17. The number of hydrogen-bond acceptors (Lipinski definition) is 5. The molecule has 3 rings (SSSR count). The number of carbonyl (C=O) groups is 1. The van der Waals surface area contributed by atoms with E-state index in [0.717, 1.165) is 21.5 Å². The normalized spacial score (nSPS) is 10.5. The summed E-state index contributed by atoms with van der Waals surface area (Å²) in [7, 11) is 1.86. The zero-order chi connectivity index (χ0) is 16.9. The zero-order valence-electron chi connectivity index (χ0n) is 13.1. The standard InChI is InChI=1S/C16H16N6O2/c1-21-14(4-6-19-21)13-7-12(8-17-10-13)9-18-15(23)11-22-16(24)3-2-5-20-22/h2-8,10H,9,11H2,1H3,(H,18,23). The van der Waals surface area contributed by atoms with E-state index in [2.05, 4.69) is 20.5 Å². The van der Waals surface area contributed by atoms with Crippen molar-refractivity contribution in [1.29, 1.82) is 0 Å². The van der Waals surface area contributed by atoms with Crippen molar-refractivity contribution in [2.75, 3.05) is 0 Å². The third-order valence-electron chi connectivity index (χ3n) is 3.48. The summed E-state index contributed by atoms with van der Waals surface area (Å²) in [5, 5.41) is 10.7. The summed E-state index contributed by atoms with van der Waals surface area (Å²) >= 11 is 0. The summed E-state index contributed by atoms with van der Waals surface area (Å²) < 4.78 is 2.87. The Morgan fingerprint density at radius 3 is 2.83 bits per heavy atom. The van der Waals surface area contributed by atoms with Gasteiger partial charge in [0.1, 0.15) is 6.54 Å². The molecule has 0 radical (unpaired) electrons. The fraction of sp³-hybridized carbons (Fsp3) is 0.188. The van der Waals surface area contributed by atoms with Crippen molar-refractivity contribution in [1.82, 2.24) is 29.9 Å². The Morgan fingerprint density at radius 2 is 2.08 bits per heavy atom. The van der Waals surface area contributed by atoms with Gasteiger partial charge >= 0.3 is 0 Å². The number of hydrogen-bond donors (Lipinski definition) is 1. The van der Waals surface area contributed by atoms with Gasteiger partial charge in [-0.05, 0) is 23.8 Å². The van der Waals surface area contributed by atoms with Crippen LogP contribution in [-0.2, 0) is 24.9 Å². The topological polar surface area (TPSA) is 94.7 Å². The van der Waals surface area contributed by atoms with Crippen LogP contribution in [0.15, 0.2) is 53.8 Å². The molecule has 8 nitrogen and oxygen atoms in total. The lowest BCUT2D eigenvalue weighted by atomic mass is 10.1. The van der Waals surface area contributed by atoms with Crippen molar-refractivity contribution >= 4 is 5.91 Å². The Kier molecular flexibility index (Phi) is 4.46. The third-order valence-corrected chi connectivity index (χ3v) is 3.48. The molecule has 0 saturated carbocycles. The number of nitrogens with zero attached hydrogens (tertiary/aromatic N) is 5. The zero-order valence-corrected chi connectivity index (χ0v) is 13.1. The monoisotopic (exact) mass is 324 g/mol. The molecule has 0 aliphatic heterocycles. The highest BCUT2D eigenvalue weighted by Gasteiger charge is 2.07. The molecular weight excluding hydrogens is 308 g/mol. The summed E-state index contributed by atoms with van der Waals surface area (Å²) in [5.41, 5.74) is 2.40. The van der Waals surface area contributed by atoms with Gasteiger partial charge in [-0.25, -0.2) is 4.68 Å². The maximum Gasteiger partial charge on any atom is 0.267 e. The first kappa shape index (κ1) is 15.6. The van der Waals surface area contributed by atoms with E-state index in [-0.39, 0.29) is 18.0 Å². The first-order valence-corrected chi connectivity index (χ1v) is 7.34. The van der Waals surface area contributed by atoms with Gasteiger partial charge in [0.25, 0.3) is 5.56 Å². The quantitative estimate of drug-likeness (QED) is 0.731. The summed E-state index contributed by atoms with van der Waals surface area (Å²) in [5.74, 6) is -0.290. The Hall–Kier alpha value is -3.29. The Morgan fingerprint density at radius 1 is 1.21 bits per heavy atom. The molecule has 122 valence electrons. The molecule has 0 saturated heterocycles. The molecule has 0 spiro atoms. The van der Waals surface area contributed by atoms with Gasteiger partial charge in [-0.3, -0.25) is 19.3 Å². The van der Waals surface area contributed by atoms with Crippen LogP contribution in [0.5, 0.6) is 0 Å². The number of aromatic nitrogens is 5. The molecule has 1 N–H and O–H groups in total. The molecule has 3 aromatic heterocycles. The molecule has 24 heavy (non-hydrogen) atoms. The van der Waals surface area contributed by atoms with E-state index in [1.807, 2.05) is 19.2 Å². The van der Waals surface area contributed by atoms with Crippen molar-refractivity contribution in [3.63, 3.8) is 0 Å². The summed E-state index contributed by atoms with van der Waals surface area (Å²) in [4.78, 5) is 27.7. The molecule has 0 unspecified atom stereocenters. The molecule has 0 aliphatic rings. The van der Waals surface area contributed by atoms with Crippen LogP contribution in [-0.4, -0.2) is 30.5 Å². The predicted octanol–water partition coefficient (Wildman–Crippen LogP) is 0.355. The molecule has 3 heterocycles. The molecule has 8 heteroatoms. The minimum absolute atomic E-state index is 0.117. The molecular formula is C16H16N6O2. The highest BCUT2D eigenvalue weighted by atomic mass is 16.2. The fourth-order valence-corrected chi connectivity index (χ4v) is 2.28. The second kappa shape index (κ2) is 6.86. The van der Waals surface area contributed by atoms with Gasteiger partial charge in [0, 0.05) is 50.0 Å². The highest BCUT2D eigenvalue weighted by molar-refractivity contribution is 5.75. The van der Waals surface area contributed by atoms with Crippen molar-refractivity contribution in [2.45, 2.75) is 13.1 Å². The average molecular weight is 324 g/mol. The summed E-state index contributed by atoms with van der Waals surface area (Å²) in [6, 6.07) is 6.73. The van der Waals surface area contributed by atoms with E-state index in [0.29, 0.717) is 6.54 Å². The molecule has 0 fully saturated rings. The predicted molar refractivity (Wildman–Crippen MR) is 86.8 cm³/mol. The molecule has 0 aromatic carbocycles. The second-order valence-corrected chi connectivity index (χ2v) is 5.22. The minimum Gasteiger partial charge on any atom is -0.350 e. The maximum absolute atomic E-state index is 12.0. The molecule has 0 bridgehead atoms. The third kappa shape index (κ3) is 3.54. The van der Waals surface area contributed by atoms with Crippen LogP contribution in [0.4, 0.5) is 0 Å². The summed E-state index contributed by atoms with van der Waals surface area (Å²) in [6.45, 7) is 0.202. The van der Waals surface area contributed by atoms with Crippen LogP contribution in [0, 0.1) is 0 Å². The lowest BCUT2D eigenvalue weighted by Gasteiger charge is -2.08. The van der Waals surface area contributed by atoms with Crippen LogP contribution in [0.1, 0.15) is 5.56 Å². The number of aryl methyl sites for hydroxylation is 1. The minimum atomic E-state index is -0.312. The Labute approximate surface area is 137 Å². The molecule has 0 atom stereocenters. The largest absolute Gasteiger partial charge is 0.350 e. The second-order valence-electron chi connectivity index (χ2n) is 5.22. The Bertz CT molecular complexity index is 914. The lowest BCUT2D eigenvalue weighted by Crippen LogP contribution is -2.32. The van der Waals surface area contributed by atoms with E-state index >= 15 is 0 Å². The first-order chi connectivity index (χ1) is 11.6. The van der Waals surface area contributed by atoms with Gasteiger partial charge in [0.15, 0.2) is 0 Å². The van der Waals surface area contributed by atoms with E-state index in [1.165, 1.54) is 18.3 Å². The number of rotatable bonds is 5. The van der Waals surface area contributed by atoms with Gasteiger partial charge in [-0.15, -0.1) is 0 Å². The molecule has 1 amide bonds. The first-order valence-electron chi connectivity index (χ1n) is 7.34. The number of nitrogens with one attached hydrogen (secondary N) is 1. The molecule has 3 aromatic rings. The van der Waals surface area contributed by atoms with E-state index in [4.69, 9.17) is 0 Å². The van der Waals surface area contributed by atoms with Gasteiger partial charge < -0.3 is 5.32 Å². The number of pyridine rings is 1. The number of amides is 1. The van der Waals surface area contributed by atoms with Crippen molar-refractivity contribution in [3.05, 3.63) is 65.0 Å². The van der Waals surface area contributed by atoms with E-state index < -0.39 is 0 Å². The van der Waals surface area contributed by atoms with Crippen LogP contribution in [0.3, 0.4) is 0 Å². The fourth-order valence-electron chi connectivity index (χ4n) is 2.28. The van der Waals surface area contributed by atoms with Gasteiger partial charge in [-0.1, -0.05) is 0 Å². The van der Waals surface area contributed by atoms with Gasteiger partial charge in [-0.2, -0.15) is 10.2 Å². The SMILES string of the molecule is Cn1nccc1-c1cncc(CNC(=O)Cn2ncccc2=O)c1. The van der Waals surface area contributed by atoms with E-state index in [9.17, 15) is 9.59 Å². The summed E-state index contributed by atoms with van der Waals surface area (Å²) in [6.07, 6.45) is 6.62. The molecule has 0 aliphatic carbocycles. The van der Waals surface area contributed by atoms with Crippen LogP contribution >= 0.6 is 0 Å². The van der Waals surface area contributed by atoms with Crippen LogP contribution in [0.25, 0.3) is 11.3 Å². The van der Waals surface area contributed by atoms with Crippen molar-refractivity contribution in [2.24, 2.45) is 7.05 Å². The number of carbonyl (C=O) groups excluding carboxylic acids is 1. The maximum atomic E-state index is 12.0. The van der Waals surface area contributed by atoms with E-state index in [1.54, 1.807) is 23.3 Å². The van der Waals surface area contributed by atoms with Gasteiger partial charge in [0.05, 0.1) is 5.69 Å². The smallest absolute Gasteiger partial charge is 0.267 e.